The van der Waals surface area contributed by atoms with Gasteiger partial charge in [-0.25, -0.2) is 8.42 Å². The second kappa shape index (κ2) is 9.03. The Morgan fingerprint density at radius 2 is 1.65 bits per heavy atom. The third kappa shape index (κ3) is 4.26. The lowest BCUT2D eigenvalue weighted by molar-refractivity contribution is -0.138. The fourth-order valence-electron chi connectivity index (χ4n) is 3.78. The second-order valence-corrected chi connectivity index (χ2v) is 8.76. The summed E-state index contributed by atoms with van der Waals surface area (Å²) < 4.78 is 49.6. The first-order valence-corrected chi connectivity index (χ1v) is 10.9. The molecular formula is C21H25NO8S. The molecular weight excluding hydrogens is 426 g/mol. The Morgan fingerprint density at radius 1 is 1.00 bits per heavy atom. The molecule has 168 valence electrons. The minimum Gasteiger partial charge on any atom is -0.497 e. The van der Waals surface area contributed by atoms with E-state index in [0.717, 1.165) is 5.56 Å². The molecule has 0 saturated heterocycles. The van der Waals surface area contributed by atoms with Crippen molar-refractivity contribution in [1.82, 2.24) is 4.31 Å². The van der Waals surface area contributed by atoms with Crippen LogP contribution in [0.3, 0.4) is 0 Å². The normalized spacial score (nSPS) is 16.3. The Labute approximate surface area is 181 Å². The molecule has 0 radical (unpaired) electrons. The van der Waals surface area contributed by atoms with Crippen LogP contribution in [0.1, 0.15) is 23.6 Å². The molecule has 0 spiro atoms. The lowest BCUT2D eigenvalue weighted by Crippen LogP contribution is -2.41. The van der Waals surface area contributed by atoms with E-state index >= 15 is 0 Å². The SMILES string of the molecule is COc1ccc(OC)c(S(=O)(=O)N2CCc3cc(OC)c(OC)cc3C2CC(=O)O)c1. The summed E-state index contributed by atoms with van der Waals surface area (Å²) in [5.41, 5.74) is 1.38. The molecule has 3 rings (SSSR count). The number of sulfonamides is 1. The molecule has 31 heavy (non-hydrogen) atoms. The van der Waals surface area contributed by atoms with Gasteiger partial charge in [0, 0.05) is 12.6 Å². The molecule has 0 bridgehead atoms. The van der Waals surface area contributed by atoms with Crippen LogP contribution < -0.4 is 18.9 Å². The minimum absolute atomic E-state index is 0.0892. The van der Waals surface area contributed by atoms with Crippen LogP contribution in [0.4, 0.5) is 0 Å². The van der Waals surface area contributed by atoms with Gasteiger partial charge in [-0.2, -0.15) is 4.31 Å². The molecule has 1 aliphatic rings. The van der Waals surface area contributed by atoms with E-state index in [1.165, 1.54) is 44.9 Å². The molecule has 1 N–H and O–H groups in total. The molecule has 1 aliphatic heterocycles. The van der Waals surface area contributed by atoms with Crippen LogP contribution in [0.25, 0.3) is 0 Å². The summed E-state index contributed by atoms with van der Waals surface area (Å²) in [4.78, 5) is 11.6. The number of carboxylic acid groups (broad SMARTS) is 1. The van der Waals surface area contributed by atoms with Crippen molar-refractivity contribution in [2.45, 2.75) is 23.8 Å². The minimum atomic E-state index is -4.12. The molecule has 0 amide bonds. The van der Waals surface area contributed by atoms with Crippen molar-refractivity contribution in [2.24, 2.45) is 0 Å². The van der Waals surface area contributed by atoms with Crippen molar-refractivity contribution in [2.75, 3.05) is 35.0 Å². The number of nitrogens with zero attached hydrogens (tertiary/aromatic N) is 1. The van der Waals surface area contributed by atoms with Gasteiger partial charge >= 0.3 is 5.97 Å². The first-order valence-electron chi connectivity index (χ1n) is 9.47. The summed E-state index contributed by atoms with van der Waals surface area (Å²) in [6.45, 7) is 0.100. The third-order valence-electron chi connectivity index (χ3n) is 5.28. The summed E-state index contributed by atoms with van der Waals surface area (Å²) in [6.07, 6.45) is -0.0225. The van der Waals surface area contributed by atoms with Crippen LogP contribution in [-0.2, 0) is 21.2 Å². The van der Waals surface area contributed by atoms with Crippen molar-refractivity contribution in [1.29, 1.82) is 0 Å². The van der Waals surface area contributed by atoms with Crippen molar-refractivity contribution < 1.29 is 37.3 Å². The topological polar surface area (TPSA) is 112 Å². The van der Waals surface area contributed by atoms with Crippen LogP contribution >= 0.6 is 0 Å². The zero-order valence-corrected chi connectivity index (χ0v) is 18.6. The summed E-state index contributed by atoms with van der Waals surface area (Å²) in [5.74, 6) is 0.271. The third-order valence-corrected chi connectivity index (χ3v) is 7.21. The zero-order valence-electron chi connectivity index (χ0n) is 17.7. The number of methoxy groups -OCH3 is 4. The van der Waals surface area contributed by atoms with Gasteiger partial charge in [-0.1, -0.05) is 0 Å². The first-order chi connectivity index (χ1) is 14.8. The van der Waals surface area contributed by atoms with Gasteiger partial charge in [0.25, 0.3) is 0 Å². The number of aliphatic carboxylic acids is 1. The van der Waals surface area contributed by atoms with Crippen LogP contribution in [0.5, 0.6) is 23.0 Å². The monoisotopic (exact) mass is 451 g/mol. The lowest BCUT2D eigenvalue weighted by atomic mass is 9.92. The predicted octanol–water partition coefficient (Wildman–Crippen LogP) is 2.48. The maximum atomic E-state index is 13.7. The summed E-state index contributed by atoms with van der Waals surface area (Å²) >= 11 is 0. The smallest absolute Gasteiger partial charge is 0.305 e. The zero-order chi connectivity index (χ0) is 22.8. The highest BCUT2D eigenvalue weighted by atomic mass is 32.2. The van der Waals surface area contributed by atoms with Crippen LogP contribution in [-0.4, -0.2) is 58.8 Å². The number of ether oxygens (including phenoxy) is 4. The molecule has 1 atom stereocenters. The van der Waals surface area contributed by atoms with Gasteiger partial charge in [-0.15, -0.1) is 0 Å². The van der Waals surface area contributed by atoms with Crippen molar-refractivity contribution >= 4 is 16.0 Å². The average Bonchev–Trinajstić information content (AvgIpc) is 2.77. The van der Waals surface area contributed by atoms with Gasteiger partial charge in [0.05, 0.1) is 40.9 Å². The molecule has 0 aromatic heterocycles. The summed E-state index contributed by atoms with van der Waals surface area (Å²) in [6, 6.07) is 6.95. The van der Waals surface area contributed by atoms with Crippen molar-refractivity contribution in [3.05, 3.63) is 41.5 Å². The molecule has 10 heteroatoms. The number of carbonyl (C=O) groups is 1. The number of benzene rings is 2. The van der Waals surface area contributed by atoms with Gasteiger partial charge in [0.15, 0.2) is 11.5 Å². The van der Waals surface area contributed by atoms with Crippen molar-refractivity contribution in [3.63, 3.8) is 0 Å². The number of hydrogen-bond donors (Lipinski definition) is 1. The predicted molar refractivity (Wildman–Crippen MR) is 112 cm³/mol. The van der Waals surface area contributed by atoms with Crippen LogP contribution in [0.2, 0.25) is 0 Å². The fraction of sp³-hybridized carbons (Fsp3) is 0.381. The standard InChI is InChI=1S/C21H25NO8S/c1-27-14-5-6-17(28-2)20(10-14)31(25,26)22-8-7-13-9-18(29-3)19(30-4)11-15(13)16(22)12-21(23)24/h5-6,9-11,16H,7-8,12H2,1-4H3,(H,23,24). The van der Waals surface area contributed by atoms with E-state index in [-0.39, 0.29) is 17.2 Å². The van der Waals surface area contributed by atoms with E-state index in [9.17, 15) is 18.3 Å². The van der Waals surface area contributed by atoms with Gasteiger partial charge in [0.2, 0.25) is 10.0 Å². The molecule has 2 aromatic carbocycles. The summed E-state index contributed by atoms with van der Waals surface area (Å²) in [7, 11) is 1.66. The summed E-state index contributed by atoms with van der Waals surface area (Å²) in [5, 5.41) is 9.53. The van der Waals surface area contributed by atoms with Gasteiger partial charge in [0.1, 0.15) is 16.4 Å². The Balaban J connectivity index is 2.16. The molecule has 0 saturated carbocycles. The molecule has 9 nitrogen and oxygen atoms in total. The van der Waals surface area contributed by atoms with Crippen molar-refractivity contribution in [3.8, 4) is 23.0 Å². The van der Waals surface area contributed by atoms with E-state index < -0.39 is 28.5 Å². The molecule has 0 fully saturated rings. The highest BCUT2D eigenvalue weighted by molar-refractivity contribution is 7.89. The highest BCUT2D eigenvalue weighted by Gasteiger charge is 2.39. The Bertz CT molecular complexity index is 1080. The molecule has 1 unspecified atom stereocenters. The Morgan fingerprint density at radius 3 is 2.23 bits per heavy atom. The van der Waals surface area contributed by atoms with E-state index in [1.54, 1.807) is 18.2 Å². The fourth-order valence-corrected chi connectivity index (χ4v) is 5.56. The maximum absolute atomic E-state index is 13.7. The van der Waals surface area contributed by atoms with Crippen LogP contribution in [0.15, 0.2) is 35.2 Å². The lowest BCUT2D eigenvalue weighted by Gasteiger charge is -2.36. The van der Waals surface area contributed by atoms with E-state index in [2.05, 4.69) is 0 Å². The Kier molecular flexibility index (Phi) is 6.61. The maximum Gasteiger partial charge on any atom is 0.305 e. The highest BCUT2D eigenvalue weighted by Crippen LogP contribution is 2.43. The number of rotatable bonds is 8. The largest absolute Gasteiger partial charge is 0.497 e. The Hall–Kier alpha value is -2.98. The van der Waals surface area contributed by atoms with Crippen LogP contribution in [0, 0.1) is 0 Å². The number of fused-ring (bicyclic) bond motifs is 1. The number of carboxylic acids is 1. The van der Waals surface area contributed by atoms with E-state index in [1.807, 2.05) is 0 Å². The average molecular weight is 451 g/mol. The molecule has 1 heterocycles. The first kappa shape index (κ1) is 22.7. The van der Waals surface area contributed by atoms with Gasteiger partial charge in [-0.05, 0) is 41.8 Å². The quantitative estimate of drug-likeness (QED) is 0.652. The second-order valence-electron chi connectivity index (χ2n) is 6.90. The van der Waals surface area contributed by atoms with E-state index in [4.69, 9.17) is 18.9 Å². The molecule has 0 aliphatic carbocycles. The molecule has 2 aromatic rings. The van der Waals surface area contributed by atoms with E-state index in [0.29, 0.717) is 29.2 Å². The van der Waals surface area contributed by atoms with Gasteiger partial charge < -0.3 is 24.1 Å². The number of hydrogen-bond acceptors (Lipinski definition) is 7. The van der Waals surface area contributed by atoms with Gasteiger partial charge in [-0.3, -0.25) is 4.79 Å².